The number of nitrogens with zero attached hydrogens (tertiary/aromatic N) is 4. The Bertz CT molecular complexity index is 1350. The Hall–Kier alpha value is -3.68. The molecule has 0 bridgehead atoms. The second kappa shape index (κ2) is 8.52. The second-order valence-electron chi connectivity index (χ2n) is 8.37. The molecule has 35 heavy (non-hydrogen) atoms. The van der Waals surface area contributed by atoms with Crippen LogP contribution >= 0.6 is 23.2 Å². The van der Waals surface area contributed by atoms with Crippen molar-refractivity contribution in [3.05, 3.63) is 100 Å². The zero-order chi connectivity index (χ0) is 24.9. The van der Waals surface area contributed by atoms with Crippen molar-refractivity contribution in [3.8, 4) is 0 Å². The SMILES string of the molecule is CN1C(=O)N(C)C(=O)C2(C1=O)C(c1ccc(Cl)cc1Cl)C(c1ccccc1)=NN2c1ccccc1. The van der Waals surface area contributed by atoms with E-state index in [9.17, 15) is 14.4 Å². The summed E-state index contributed by atoms with van der Waals surface area (Å²) < 4.78 is 0. The summed E-state index contributed by atoms with van der Waals surface area (Å²) in [5.74, 6) is -2.33. The lowest BCUT2D eigenvalue weighted by atomic mass is 9.72. The van der Waals surface area contributed by atoms with E-state index in [4.69, 9.17) is 28.3 Å². The van der Waals surface area contributed by atoms with E-state index < -0.39 is 29.3 Å². The molecule has 176 valence electrons. The Morgan fingerprint density at radius 2 is 1.37 bits per heavy atom. The number of amides is 4. The minimum atomic E-state index is -1.93. The lowest BCUT2D eigenvalue weighted by Gasteiger charge is -2.46. The number of anilines is 1. The number of carbonyl (C=O) groups is 3. The molecule has 4 amide bonds. The van der Waals surface area contributed by atoms with Crippen molar-refractivity contribution in [2.24, 2.45) is 5.10 Å². The zero-order valence-electron chi connectivity index (χ0n) is 18.9. The van der Waals surface area contributed by atoms with Gasteiger partial charge in [-0.05, 0) is 35.4 Å². The third kappa shape index (κ3) is 3.34. The third-order valence-corrected chi connectivity index (χ3v) is 6.97. The molecule has 3 aromatic rings. The maximum Gasteiger partial charge on any atom is 0.333 e. The Balaban J connectivity index is 1.87. The van der Waals surface area contributed by atoms with Crippen LogP contribution in [0.2, 0.25) is 10.0 Å². The Kier molecular flexibility index (Phi) is 5.62. The monoisotopic (exact) mass is 506 g/mol. The van der Waals surface area contributed by atoms with E-state index in [1.165, 1.54) is 19.1 Å². The summed E-state index contributed by atoms with van der Waals surface area (Å²) in [6, 6.07) is 22.4. The van der Waals surface area contributed by atoms with Crippen LogP contribution in [0, 0.1) is 0 Å². The summed E-state index contributed by atoms with van der Waals surface area (Å²) in [5, 5.41) is 6.99. The van der Waals surface area contributed by atoms with Gasteiger partial charge in [0.2, 0.25) is 5.54 Å². The van der Waals surface area contributed by atoms with Crippen molar-refractivity contribution in [2.45, 2.75) is 11.5 Å². The molecule has 1 unspecified atom stereocenters. The molecule has 0 radical (unpaired) electrons. The minimum Gasteiger partial charge on any atom is -0.271 e. The molecule has 0 saturated carbocycles. The fourth-order valence-corrected chi connectivity index (χ4v) is 5.28. The molecule has 3 aromatic carbocycles. The number of benzene rings is 3. The van der Waals surface area contributed by atoms with Crippen LogP contribution in [-0.4, -0.2) is 53.0 Å². The lowest BCUT2D eigenvalue weighted by Crippen LogP contribution is -2.73. The summed E-state index contributed by atoms with van der Waals surface area (Å²) >= 11 is 12.9. The van der Waals surface area contributed by atoms with Crippen LogP contribution in [0.3, 0.4) is 0 Å². The number of hydrogen-bond acceptors (Lipinski definition) is 5. The molecule has 5 rings (SSSR count). The van der Waals surface area contributed by atoms with Crippen molar-refractivity contribution < 1.29 is 14.4 Å². The van der Waals surface area contributed by atoms with Crippen LogP contribution in [0.15, 0.2) is 84.0 Å². The highest BCUT2D eigenvalue weighted by molar-refractivity contribution is 6.36. The van der Waals surface area contributed by atoms with Gasteiger partial charge in [-0.3, -0.25) is 19.4 Å². The number of para-hydroxylation sites is 1. The summed E-state index contributed by atoms with van der Waals surface area (Å²) in [4.78, 5) is 42.9. The second-order valence-corrected chi connectivity index (χ2v) is 9.22. The van der Waals surface area contributed by atoms with Gasteiger partial charge in [-0.1, -0.05) is 77.8 Å². The molecule has 2 heterocycles. The van der Waals surface area contributed by atoms with Crippen molar-refractivity contribution in [1.29, 1.82) is 0 Å². The van der Waals surface area contributed by atoms with Crippen molar-refractivity contribution in [3.63, 3.8) is 0 Å². The van der Waals surface area contributed by atoms with Crippen molar-refractivity contribution >= 4 is 52.4 Å². The van der Waals surface area contributed by atoms with E-state index in [1.54, 1.807) is 42.5 Å². The van der Waals surface area contributed by atoms with Crippen LogP contribution in [0.25, 0.3) is 0 Å². The maximum absolute atomic E-state index is 14.1. The highest BCUT2D eigenvalue weighted by atomic mass is 35.5. The number of hydrazone groups is 1. The van der Waals surface area contributed by atoms with E-state index in [2.05, 4.69) is 0 Å². The fraction of sp³-hybridized carbons (Fsp3) is 0.154. The predicted octanol–water partition coefficient (Wildman–Crippen LogP) is 4.79. The van der Waals surface area contributed by atoms with Gasteiger partial charge in [0.15, 0.2) is 0 Å². The number of carbonyl (C=O) groups excluding carboxylic acids is 3. The van der Waals surface area contributed by atoms with Gasteiger partial charge < -0.3 is 0 Å². The Labute approximate surface area is 212 Å². The Morgan fingerprint density at radius 3 is 1.94 bits per heavy atom. The smallest absolute Gasteiger partial charge is 0.271 e. The topological polar surface area (TPSA) is 73.3 Å². The molecule has 7 nitrogen and oxygen atoms in total. The number of halogens is 2. The van der Waals surface area contributed by atoms with E-state index in [1.807, 2.05) is 36.4 Å². The van der Waals surface area contributed by atoms with E-state index in [0.29, 0.717) is 27.5 Å². The van der Waals surface area contributed by atoms with E-state index >= 15 is 0 Å². The number of likely N-dealkylation sites (N-methyl/N-ethyl adjacent to an activating group) is 2. The largest absolute Gasteiger partial charge is 0.333 e. The molecular weight excluding hydrogens is 487 g/mol. The lowest BCUT2D eigenvalue weighted by molar-refractivity contribution is -0.150. The van der Waals surface area contributed by atoms with Gasteiger partial charge in [-0.2, -0.15) is 5.10 Å². The molecule has 0 aliphatic carbocycles. The van der Waals surface area contributed by atoms with Crippen LogP contribution in [-0.2, 0) is 9.59 Å². The van der Waals surface area contributed by atoms with Gasteiger partial charge in [-0.25, -0.2) is 9.80 Å². The van der Waals surface area contributed by atoms with Crippen molar-refractivity contribution in [1.82, 2.24) is 9.80 Å². The summed E-state index contributed by atoms with van der Waals surface area (Å²) in [6.07, 6.45) is 0. The first-order chi connectivity index (χ1) is 16.8. The van der Waals surface area contributed by atoms with E-state index in [-0.39, 0.29) is 5.02 Å². The minimum absolute atomic E-state index is 0.281. The number of rotatable bonds is 3. The third-order valence-electron chi connectivity index (χ3n) is 6.41. The molecule has 1 spiro atoms. The molecule has 1 atom stereocenters. The van der Waals surface area contributed by atoms with Crippen LogP contribution in [0.1, 0.15) is 17.0 Å². The normalized spacial score (nSPS) is 19.5. The first-order valence-electron chi connectivity index (χ1n) is 10.8. The summed E-state index contributed by atoms with van der Waals surface area (Å²) in [6.45, 7) is 0. The summed E-state index contributed by atoms with van der Waals surface area (Å²) in [5.41, 5.74) is 0.267. The first kappa shape index (κ1) is 23.1. The van der Waals surface area contributed by atoms with Gasteiger partial charge >= 0.3 is 6.03 Å². The summed E-state index contributed by atoms with van der Waals surface area (Å²) in [7, 11) is 2.72. The average Bonchev–Trinajstić information content (AvgIpc) is 3.23. The molecule has 2 aliphatic heterocycles. The number of imide groups is 2. The van der Waals surface area contributed by atoms with Crippen LogP contribution in [0.5, 0.6) is 0 Å². The molecule has 1 saturated heterocycles. The van der Waals surface area contributed by atoms with Gasteiger partial charge in [0, 0.05) is 24.1 Å². The average molecular weight is 507 g/mol. The predicted molar refractivity (Wildman–Crippen MR) is 135 cm³/mol. The highest BCUT2D eigenvalue weighted by Gasteiger charge is 2.68. The Morgan fingerprint density at radius 1 is 0.800 bits per heavy atom. The molecule has 9 heteroatoms. The molecule has 0 N–H and O–H groups in total. The molecule has 2 aliphatic rings. The fourth-order valence-electron chi connectivity index (χ4n) is 4.77. The highest BCUT2D eigenvalue weighted by Crippen LogP contribution is 2.49. The standard InChI is InChI=1S/C26H20Cl2N4O3/c1-30-23(33)26(24(34)31(2)25(30)35)21(19-14-13-17(27)15-20(19)28)22(16-9-5-3-6-10-16)29-32(26)18-11-7-4-8-12-18/h3-15,21H,1-2H3. The maximum atomic E-state index is 14.1. The van der Waals surface area contributed by atoms with Crippen molar-refractivity contribution in [2.75, 3.05) is 19.1 Å². The van der Waals surface area contributed by atoms with Crippen LogP contribution in [0.4, 0.5) is 10.5 Å². The number of urea groups is 1. The van der Waals surface area contributed by atoms with Gasteiger partial charge in [0.05, 0.1) is 17.3 Å². The molecule has 0 aromatic heterocycles. The van der Waals surface area contributed by atoms with Gasteiger partial charge in [-0.15, -0.1) is 0 Å². The van der Waals surface area contributed by atoms with Gasteiger partial charge in [0.25, 0.3) is 11.8 Å². The molecular formula is C26H20Cl2N4O3. The van der Waals surface area contributed by atoms with Crippen LogP contribution < -0.4 is 5.01 Å². The molecule has 1 fully saturated rings. The zero-order valence-corrected chi connectivity index (χ0v) is 20.4. The number of barbiturate groups is 1. The first-order valence-corrected chi connectivity index (χ1v) is 11.6. The van der Waals surface area contributed by atoms with E-state index in [0.717, 1.165) is 9.80 Å². The van der Waals surface area contributed by atoms with Gasteiger partial charge in [0.1, 0.15) is 0 Å². The number of hydrogen-bond donors (Lipinski definition) is 0. The quantitative estimate of drug-likeness (QED) is 0.478.